The standard InChI is InChI=1S/C10H15NO2/c1-3-10(11-13-2)8-4-6-9(12)7-5-8/h4-7,10-12H,3H2,1-2H3. The van der Waals surface area contributed by atoms with Gasteiger partial charge in [0.15, 0.2) is 0 Å². The Bertz CT molecular complexity index is 246. The lowest BCUT2D eigenvalue weighted by Gasteiger charge is -2.15. The summed E-state index contributed by atoms with van der Waals surface area (Å²) in [5.74, 6) is 0.288. The molecule has 0 heterocycles. The van der Waals surface area contributed by atoms with Gasteiger partial charge in [-0.3, -0.25) is 0 Å². The van der Waals surface area contributed by atoms with Crippen LogP contribution >= 0.6 is 0 Å². The van der Waals surface area contributed by atoms with Gasteiger partial charge in [-0.15, -0.1) is 0 Å². The second-order valence-corrected chi connectivity index (χ2v) is 2.87. The van der Waals surface area contributed by atoms with Crippen LogP contribution in [-0.4, -0.2) is 12.2 Å². The smallest absolute Gasteiger partial charge is 0.115 e. The van der Waals surface area contributed by atoms with Crippen LogP contribution in [0.4, 0.5) is 0 Å². The third-order valence-corrected chi connectivity index (χ3v) is 1.96. The first kappa shape index (κ1) is 10.0. The fourth-order valence-electron chi connectivity index (χ4n) is 1.24. The van der Waals surface area contributed by atoms with Crippen molar-refractivity contribution in [3.63, 3.8) is 0 Å². The molecular formula is C10H15NO2. The molecule has 0 amide bonds. The van der Waals surface area contributed by atoms with Crippen molar-refractivity contribution < 1.29 is 9.94 Å². The molecule has 72 valence electrons. The molecule has 1 atom stereocenters. The molecule has 1 rings (SSSR count). The lowest BCUT2D eigenvalue weighted by atomic mass is 10.1. The Morgan fingerprint density at radius 3 is 2.46 bits per heavy atom. The molecule has 2 N–H and O–H groups in total. The highest BCUT2D eigenvalue weighted by Crippen LogP contribution is 2.18. The van der Waals surface area contributed by atoms with Crippen LogP contribution in [-0.2, 0) is 4.84 Å². The maximum Gasteiger partial charge on any atom is 0.115 e. The van der Waals surface area contributed by atoms with E-state index in [-0.39, 0.29) is 11.8 Å². The number of hydroxylamine groups is 1. The maximum atomic E-state index is 9.09. The molecule has 0 saturated heterocycles. The van der Waals surface area contributed by atoms with Crippen molar-refractivity contribution in [2.24, 2.45) is 0 Å². The van der Waals surface area contributed by atoms with E-state index in [1.165, 1.54) is 0 Å². The second kappa shape index (κ2) is 4.84. The quantitative estimate of drug-likeness (QED) is 0.698. The van der Waals surface area contributed by atoms with Gasteiger partial charge in [0.1, 0.15) is 5.75 Å². The van der Waals surface area contributed by atoms with Crippen molar-refractivity contribution in [2.75, 3.05) is 7.11 Å². The topological polar surface area (TPSA) is 41.5 Å². The van der Waals surface area contributed by atoms with Gasteiger partial charge in [0.2, 0.25) is 0 Å². The molecule has 1 aromatic rings. The molecule has 0 radical (unpaired) electrons. The predicted octanol–water partition coefficient (Wildman–Crippen LogP) is 1.99. The minimum atomic E-state index is 0.186. The molecule has 3 heteroatoms. The van der Waals surface area contributed by atoms with Crippen LogP contribution in [0, 0.1) is 0 Å². The van der Waals surface area contributed by atoms with E-state index in [9.17, 15) is 0 Å². The number of benzene rings is 1. The summed E-state index contributed by atoms with van der Waals surface area (Å²) in [6.07, 6.45) is 0.943. The summed E-state index contributed by atoms with van der Waals surface area (Å²) in [6.45, 7) is 2.07. The minimum Gasteiger partial charge on any atom is -0.508 e. The van der Waals surface area contributed by atoms with E-state index < -0.39 is 0 Å². The first-order valence-electron chi connectivity index (χ1n) is 4.35. The van der Waals surface area contributed by atoms with E-state index in [1.54, 1.807) is 19.2 Å². The Morgan fingerprint density at radius 2 is 2.00 bits per heavy atom. The lowest BCUT2D eigenvalue weighted by molar-refractivity contribution is 0.0592. The molecule has 0 aromatic heterocycles. The zero-order chi connectivity index (χ0) is 9.68. The van der Waals surface area contributed by atoms with E-state index >= 15 is 0 Å². The molecule has 0 fully saturated rings. The summed E-state index contributed by atoms with van der Waals surface area (Å²) in [4.78, 5) is 4.87. The Hall–Kier alpha value is -1.06. The zero-order valence-corrected chi connectivity index (χ0v) is 7.95. The summed E-state index contributed by atoms with van der Waals surface area (Å²) in [6, 6.07) is 7.31. The van der Waals surface area contributed by atoms with E-state index in [0.29, 0.717) is 0 Å². The Labute approximate surface area is 78.3 Å². The van der Waals surface area contributed by atoms with E-state index in [1.807, 2.05) is 12.1 Å². The van der Waals surface area contributed by atoms with Crippen molar-refractivity contribution >= 4 is 0 Å². The first-order valence-corrected chi connectivity index (χ1v) is 4.35. The second-order valence-electron chi connectivity index (χ2n) is 2.87. The monoisotopic (exact) mass is 181 g/mol. The van der Waals surface area contributed by atoms with Gasteiger partial charge in [-0.1, -0.05) is 19.1 Å². The molecule has 1 unspecified atom stereocenters. The number of hydrogen-bond donors (Lipinski definition) is 2. The van der Waals surface area contributed by atoms with E-state index in [0.717, 1.165) is 12.0 Å². The molecule has 0 aliphatic heterocycles. The first-order chi connectivity index (χ1) is 6.27. The van der Waals surface area contributed by atoms with Gasteiger partial charge < -0.3 is 9.94 Å². The third-order valence-electron chi connectivity index (χ3n) is 1.96. The number of nitrogens with one attached hydrogen (secondary N) is 1. The van der Waals surface area contributed by atoms with E-state index in [2.05, 4.69) is 12.4 Å². The largest absolute Gasteiger partial charge is 0.508 e. The normalized spacial score (nSPS) is 12.8. The van der Waals surface area contributed by atoms with Crippen LogP contribution in [0.15, 0.2) is 24.3 Å². The number of hydrogen-bond acceptors (Lipinski definition) is 3. The average Bonchev–Trinajstić information content (AvgIpc) is 2.16. The molecular weight excluding hydrogens is 166 g/mol. The summed E-state index contributed by atoms with van der Waals surface area (Å²) < 4.78 is 0. The molecule has 0 aliphatic carbocycles. The molecule has 0 aliphatic rings. The van der Waals surface area contributed by atoms with Gasteiger partial charge >= 0.3 is 0 Å². The van der Waals surface area contributed by atoms with Crippen molar-refractivity contribution in [1.82, 2.24) is 5.48 Å². The Morgan fingerprint density at radius 1 is 1.38 bits per heavy atom. The molecule has 3 nitrogen and oxygen atoms in total. The van der Waals surface area contributed by atoms with Gasteiger partial charge in [-0.05, 0) is 24.1 Å². The molecule has 0 saturated carbocycles. The summed E-state index contributed by atoms with van der Waals surface area (Å²) in [5.41, 5.74) is 4.00. The highest BCUT2D eigenvalue weighted by atomic mass is 16.6. The van der Waals surface area contributed by atoms with Crippen molar-refractivity contribution in [3.8, 4) is 5.75 Å². The Kier molecular flexibility index (Phi) is 3.73. The third kappa shape index (κ3) is 2.72. The number of phenolic OH excluding ortho intramolecular Hbond substituents is 1. The fraction of sp³-hybridized carbons (Fsp3) is 0.400. The van der Waals surface area contributed by atoms with Crippen LogP contribution in [0.2, 0.25) is 0 Å². The summed E-state index contributed by atoms with van der Waals surface area (Å²) in [7, 11) is 1.60. The molecule has 13 heavy (non-hydrogen) atoms. The van der Waals surface area contributed by atoms with Crippen LogP contribution in [0.3, 0.4) is 0 Å². The van der Waals surface area contributed by atoms with Crippen LogP contribution in [0.25, 0.3) is 0 Å². The summed E-state index contributed by atoms with van der Waals surface area (Å²) >= 11 is 0. The molecule has 0 spiro atoms. The Balaban J connectivity index is 2.73. The van der Waals surface area contributed by atoms with Gasteiger partial charge in [-0.2, -0.15) is 5.48 Å². The zero-order valence-electron chi connectivity index (χ0n) is 7.95. The van der Waals surface area contributed by atoms with Gasteiger partial charge in [-0.25, -0.2) is 0 Å². The fourth-order valence-corrected chi connectivity index (χ4v) is 1.24. The van der Waals surface area contributed by atoms with Crippen LogP contribution < -0.4 is 5.48 Å². The lowest BCUT2D eigenvalue weighted by Crippen LogP contribution is -2.18. The van der Waals surface area contributed by atoms with Crippen molar-refractivity contribution in [3.05, 3.63) is 29.8 Å². The number of rotatable bonds is 4. The molecule has 0 bridgehead atoms. The van der Waals surface area contributed by atoms with Crippen LogP contribution in [0.5, 0.6) is 5.75 Å². The van der Waals surface area contributed by atoms with Crippen molar-refractivity contribution in [2.45, 2.75) is 19.4 Å². The number of phenols is 1. The van der Waals surface area contributed by atoms with Gasteiger partial charge in [0.05, 0.1) is 13.2 Å². The average molecular weight is 181 g/mol. The minimum absolute atomic E-state index is 0.186. The maximum absolute atomic E-state index is 9.09. The summed E-state index contributed by atoms with van der Waals surface area (Å²) in [5, 5.41) is 9.09. The van der Waals surface area contributed by atoms with Crippen LogP contribution in [0.1, 0.15) is 24.9 Å². The molecule has 1 aromatic carbocycles. The highest BCUT2D eigenvalue weighted by Gasteiger charge is 2.07. The van der Waals surface area contributed by atoms with Gasteiger partial charge in [0, 0.05) is 0 Å². The van der Waals surface area contributed by atoms with Gasteiger partial charge in [0.25, 0.3) is 0 Å². The predicted molar refractivity (Wildman–Crippen MR) is 51.3 cm³/mol. The van der Waals surface area contributed by atoms with Crippen molar-refractivity contribution in [1.29, 1.82) is 0 Å². The highest BCUT2D eigenvalue weighted by molar-refractivity contribution is 5.27. The SMILES string of the molecule is CCC(NOC)c1ccc(O)cc1. The van der Waals surface area contributed by atoms with E-state index in [4.69, 9.17) is 9.94 Å². The number of aromatic hydroxyl groups is 1.